The highest BCUT2D eigenvalue weighted by Crippen LogP contribution is 2.65. The molecule has 5 unspecified atom stereocenters. The van der Waals surface area contributed by atoms with Gasteiger partial charge in [-0.05, 0) is 84.9 Å². The molecule has 7 atom stereocenters. The lowest BCUT2D eigenvalue weighted by molar-refractivity contribution is -0.164. The Morgan fingerprint density at radius 3 is 2.15 bits per heavy atom. The van der Waals surface area contributed by atoms with E-state index in [1.165, 1.54) is 38.5 Å². The number of hydrogen-bond acceptors (Lipinski definition) is 2. The fourth-order valence-corrected chi connectivity index (χ4v) is 7.69. The van der Waals surface area contributed by atoms with E-state index in [0.29, 0.717) is 35.0 Å². The largest absolute Gasteiger partial charge is 0.393 e. The summed E-state index contributed by atoms with van der Waals surface area (Å²) in [5.41, 5.74) is 0.287. The Labute approximate surface area is 162 Å². The Balaban J connectivity index is 1.95. The maximum absolute atomic E-state index is 11.4. The summed E-state index contributed by atoms with van der Waals surface area (Å²) in [5.74, 6) is 3.37. The van der Waals surface area contributed by atoms with Crippen LogP contribution in [0.1, 0.15) is 92.9 Å². The van der Waals surface area contributed by atoms with Crippen LogP contribution in [0, 0.1) is 46.3 Å². The van der Waals surface area contributed by atoms with Gasteiger partial charge >= 0.3 is 0 Å². The van der Waals surface area contributed by atoms with Crippen LogP contribution < -0.4 is 0 Å². The summed E-state index contributed by atoms with van der Waals surface area (Å²) in [6.45, 7) is 14.0. The standard InChI is InChI=1S/C24H44O2/c1-7-20(25)22-18-9-8-17(15(2)3)24(18,6)21(26)14-19(22)23(5)12-10-16(4)11-13-23/h15-22,25-26H,7-14H2,1-6H3/t16?,17?,18?,19?,20-,21+,22?,23?,24?/m1/s1. The minimum Gasteiger partial charge on any atom is -0.393 e. The molecule has 0 radical (unpaired) electrons. The Kier molecular flexibility index (Phi) is 5.87. The zero-order valence-electron chi connectivity index (χ0n) is 18.2. The van der Waals surface area contributed by atoms with Crippen molar-refractivity contribution in [3.05, 3.63) is 0 Å². The van der Waals surface area contributed by atoms with E-state index in [-0.39, 0.29) is 17.6 Å². The number of fused-ring (bicyclic) bond motifs is 1. The molecule has 0 aromatic rings. The molecular weight excluding hydrogens is 320 g/mol. The minimum absolute atomic E-state index is 0.0101. The third-order valence-electron chi connectivity index (χ3n) is 9.49. The third kappa shape index (κ3) is 3.17. The van der Waals surface area contributed by atoms with Crippen LogP contribution in [0.3, 0.4) is 0 Å². The van der Waals surface area contributed by atoms with Gasteiger partial charge in [-0.1, -0.05) is 54.4 Å². The van der Waals surface area contributed by atoms with Gasteiger partial charge in [0.2, 0.25) is 0 Å². The molecule has 0 amide bonds. The summed E-state index contributed by atoms with van der Waals surface area (Å²) < 4.78 is 0. The zero-order valence-corrected chi connectivity index (χ0v) is 18.2. The van der Waals surface area contributed by atoms with Crippen LogP contribution >= 0.6 is 0 Å². The summed E-state index contributed by atoms with van der Waals surface area (Å²) >= 11 is 0. The second-order valence-electron chi connectivity index (χ2n) is 11.1. The van der Waals surface area contributed by atoms with Crippen LogP contribution in [-0.2, 0) is 0 Å². The van der Waals surface area contributed by atoms with Crippen LogP contribution in [0.25, 0.3) is 0 Å². The first kappa shape index (κ1) is 20.6. The van der Waals surface area contributed by atoms with Crippen molar-refractivity contribution in [3.63, 3.8) is 0 Å². The summed E-state index contributed by atoms with van der Waals surface area (Å²) in [6, 6.07) is 0. The van der Waals surface area contributed by atoms with Crippen molar-refractivity contribution in [2.45, 2.75) is 105 Å². The molecule has 0 aromatic carbocycles. The van der Waals surface area contributed by atoms with E-state index in [0.717, 1.165) is 18.8 Å². The minimum atomic E-state index is -0.209. The summed E-state index contributed by atoms with van der Waals surface area (Å²) in [7, 11) is 0. The number of hydrogen-bond donors (Lipinski definition) is 2. The van der Waals surface area contributed by atoms with Crippen LogP contribution in [0.5, 0.6) is 0 Å². The Bertz CT molecular complexity index is 479. The predicted octanol–water partition coefficient (Wildman–Crippen LogP) is 5.66. The van der Waals surface area contributed by atoms with E-state index in [2.05, 4.69) is 41.5 Å². The average molecular weight is 365 g/mol. The van der Waals surface area contributed by atoms with Gasteiger partial charge < -0.3 is 10.2 Å². The normalized spacial score (nSPS) is 50.7. The zero-order chi connectivity index (χ0) is 19.3. The molecule has 3 saturated carbocycles. The van der Waals surface area contributed by atoms with Gasteiger partial charge in [-0.15, -0.1) is 0 Å². The molecule has 3 aliphatic carbocycles. The van der Waals surface area contributed by atoms with Gasteiger partial charge in [-0.25, -0.2) is 0 Å². The van der Waals surface area contributed by atoms with Gasteiger partial charge in [-0.2, -0.15) is 0 Å². The molecule has 3 aliphatic rings. The molecule has 0 saturated heterocycles. The third-order valence-corrected chi connectivity index (χ3v) is 9.49. The van der Waals surface area contributed by atoms with E-state index in [4.69, 9.17) is 0 Å². The molecule has 3 rings (SSSR count). The van der Waals surface area contributed by atoms with Gasteiger partial charge in [0, 0.05) is 0 Å². The number of rotatable bonds is 4. The van der Waals surface area contributed by atoms with Gasteiger partial charge in [0.05, 0.1) is 12.2 Å². The van der Waals surface area contributed by atoms with Gasteiger partial charge in [0.25, 0.3) is 0 Å². The van der Waals surface area contributed by atoms with Crippen molar-refractivity contribution < 1.29 is 10.2 Å². The van der Waals surface area contributed by atoms with Crippen LogP contribution in [-0.4, -0.2) is 22.4 Å². The molecule has 3 fully saturated rings. The SMILES string of the molecule is CC[C@@H](O)C1C(C2(C)CCC(C)CC2)C[C@H](O)C2(C)C(C(C)C)CCC12. The predicted molar refractivity (Wildman–Crippen MR) is 109 cm³/mol. The van der Waals surface area contributed by atoms with Gasteiger partial charge in [0.1, 0.15) is 0 Å². The van der Waals surface area contributed by atoms with E-state index in [9.17, 15) is 10.2 Å². The highest BCUT2D eigenvalue weighted by molar-refractivity contribution is 5.10. The maximum atomic E-state index is 11.4. The second-order valence-corrected chi connectivity index (χ2v) is 11.1. The molecule has 0 bridgehead atoms. The van der Waals surface area contributed by atoms with E-state index in [1.54, 1.807) is 0 Å². The van der Waals surface area contributed by atoms with Crippen molar-refractivity contribution >= 4 is 0 Å². The van der Waals surface area contributed by atoms with Gasteiger partial charge in [-0.3, -0.25) is 0 Å². The molecular formula is C24H44O2. The Morgan fingerprint density at radius 2 is 1.62 bits per heavy atom. The van der Waals surface area contributed by atoms with Crippen LogP contribution in [0.2, 0.25) is 0 Å². The van der Waals surface area contributed by atoms with E-state index in [1.807, 2.05) is 0 Å². The Hall–Kier alpha value is -0.0800. The molecule has 0 aromatic heterocycles. The highest BCUT2D eigenvalue weighted by Gasteiger charge is 2.62. The van der Waals surface area contributed by atoms with E-state index < -0.39 is 0 Å². The average Bonchev–Trinajstić information content (AvgIpc) is 2.96. The highest BCUT2D eigenvalue weighted by atomic mass is 16.3. The monoisotopic (exact) mass is 364 g/mol. The lowest BCUT2D eigenvalue weighted by Gasteiger charge is -2.58. The topological polar surface area (TPSA) is 40.5 Å². The molecule has 0 heterocycles. The molecule has 0 spiro atoms. The van der Waals surface area contributed by atoms with Crippen molar-refractivity contribution in [1.29, 1.82) is 0 Å². The number of aliphatic hydroxyl groups is 2. The maximum Gasteiger partial charge on any atom is 0.0602 e. The fourth-order valence-electron chi connectivity index (χ4n) is 7.69. The van der Waals surface area contributed by atoms with Crippen molar-refractivity contribution in [1.82, 2.24) is 0 Å². The first-order valence-electron chi connectivity index (χ1n) is 11.5. The fraction of sp³-hybridized carbons (Fsp3) is 1.00. The van der Waals surface area contributed by atoms with Gasteiger partial charge in [0.15, 0.2) is 0 Å². The van der Waals surface area contributed by atoms with Crippen molar-refractivity contribution in [2.24, 2.45) is 46.3 Å². The first-order valence-corrected chi connectivity index (χ1v) is 11.5. The van der Waals surface area contributed by atoms with E-state index >= 15 is 0 Å². The lowest BCUT2D eigenvalue weighted by Crippen LogP contribution is -2.57. The van der Waals surface area contributed by atoms with Crippen LogP contribution in [0.15, 0.2) is 0 Å². The molecule has 2 nitrogen and oxygen atoms in total. The second kappa shape index (κ2) is 7.39. The molecule has 2 heteroatoms. The summed E-state index contributed by atoms with van der Waals surface area (Å²) in [4.78, 5) is 0. The smallest absolute Gasteiger partial charge is 0.0602 e. The van der Waals surface area contributed by atoms with Crippen LogP contribution in [0.4, 0.5) is 0 Å². The first-order chi connectivity index (χ1) is 12.1. The number of aliphatic hydroxyl groups excluding tert-OH is 2. The van der Waals surface area contributed by atoms with Crippen molar-refractivity contribution in [3.8, 4) is 0 Å². The molecule has 152 valence electrons. The summed E-state index contributed by atoms with van der Waals surface area (Å²) in [5, 5.41) is 22.6. The molecule has 26 heavy (non-hydrogen) atoms. The molecule has 0 aliphatic heterocycles. The molecule has 2 N–H and O–H groups in total. The lowest BCUT2D eigenvalue weighted by atomic mass is 9.48. The summed E-state index contributed by atoms with van der Waals surface area (Å²) in [6.07, 6.45) is 8.94. The quantitative estimate of drug-likeness (QED) is 0.676. The van der Waals surface area contributed by atoms with Crippen molar-refractivity contribution in [2.75, 3.05) is 0 Å². The Morgan fingerprint density at radius 1 is 1.00 bits per heavy atom.